The molecule has 2 amide bonds. The third-order valence-corrected chi connectivity index (χ3v) is 3.09. The monoisotopic (exact) mass is 286 g/mol. The Kier molecular flexibility index (Phi) is 4.33. The minimum absolute atomic E-state index is 0.271. The van der Waals surface area contributed by atoms with Gasteiger partial charge in [0.25, 0.3) is 5.91 Å². The molecule has 0 radical (unpaired) electrons. The fourth-order valence-corrected chi connectivity index (χ4v) is 2.03. The van der Waals surface area contributed by atoms with Crippen LogP contribution in [0.4, 0.5) is 10.1 Å². The molecule has 0 aliphatic rings. The summed E-state index contributed by atoms with van der Waals surface area (Å²) in [5.74, 6) is -1.22. The Balaban J connectivity index is 2.34. The van der Waals surface area contributed by atoms with Gasteiger partial charge in [0, 0.05) is 23.4 Å². The molecule has 2 aromatic rings. The Morgan fingerprint density at radius 1 is 1.10 bits per heavy atom. The molecule has 2 rings (SSSR count). The van der Waals surface area contributed by atoms with Gasteiger partial charge in [-0.15, -0.1) is 0 Å². The molecule has 0 heterocycles. The lowest BCUT2D eigenvalue weighted by atomic mass is 10.1. The number of nitrogens with zero attached hydrogens (tertiary/aromatic N) is 1. The van der Waals surface area contributed by atoms with Crippen LogP contribution in [0.25, 0.3) is 0 Å². The zero-order chi connectivity index (χ0) is 15.4. The normalized spacial score (nSPS) is 10.2. The lowest BCUT2D eigenvalue weighted by molar-refractivity contribution is 0.0988. The van der Waals surface area contributed by atoms with Crippen molar-refractivity contribution in [2.75, 3.05) is 11.4 Å². The van der Waals surface area contributed by atoms with Crippen LogP contribution in [0.3, 0.4) is 0 Å². The number of hydrogen-bond acceptors (Lipinski definition) is 2. The number of primary amides is 1. The summed E-state index contributed by atoms with van der Waals surface area (Å²) in [5.41, 5.74) is 6.44. The highest BCUT2D eigenvalue weighted by Gasteiger charge is 2.17. The van der Waals surface area contributed by atoms with Gasteiger partial charge in [-0.2, -0.15) is 0 Å². The van der Waals surface area contributed by atoms with E-state index in [0.29, 0.717) is 17.8 Å². The Morgan fingerprint density at radius 3 is 2.29 bits per heavy atom. The van der Waals surface area contributed by atoms with E-state index in [4.69, 9.17) is 5.73 Å². The summed E-state index contributed by atoms with van der Waals surface area (Å²) in [6.07, 6.45) is 0. The highest BCUT2D eigenvalue weighted by molar-refractivity contribution is 6.07. The summed E-state index contributed by atoms with van der Waals surface area (Å²) in [6, 6.07) is 11.9. The Hall–Kier alpha value is -2.69. The number of anilines is 1. The molecule has 5 heteroatoms. The molecule has 0 saturated heterocycles. The molecule has 0 unspecified atom stereocenters. The topological polar surface area (TPSA) is 63.4 Å². The molecule has 2 aromatic carbocycles. The van der Waals surface area contributed by atoms with Crippen molar-refractivity contribution >= 4 is 17.5 Å². The molecule has 0 saturated carbocycles. The second kappa shape index (κ2) is 6.17. The zero-order valence-corrected chi connectivity index (χ0v) is 11.5. The maximum Gasteiger partial charge on any atom is 0.258 e. The molecule has 0 atom stereocenters. The lowest BCUT2D eigenvalue weighted by Crippen LogP contribution is -2.30. The first kappa shape index (κ1) is 14.7. The first-order valence-electron chi connectivity index (χ1n) is 6.50. The van der Waals surface area contributed by atoms with Gasteiger partial charge in [-0.1, -0.05) is 6.07 Å². The molecule has 0 aliphatic heterocycles. The number of benzene rings is 2. The summed E-state index contributed by atoms with van der Waals surface area (Å²) in [5, 5.41) is 0. The van der Waals surface area contributed by atoms with E-state index in [-0.39, 0.29) is 17.3 Å². The van der Waals surface area contributed by atoms with Crippen molar-refractivity contribution in [2.45, 2.75) is 6.92 Å². The van der Waals surface area contributed by atoms with Crippen LogP contribution in [0.15, 0.2) is 48.5 Å². The van der Waals surface area contributed by atoms with E-state index in [0.717, 1.165) is 0 Å². The van der Waals surface area contributed by atoms with Crippen LogP contribution in [-0.2, 0) is 0 Å². The summed E-state index contributed by atoms with van der Waals surface area (Å²) in [4.78, 5) is 25.2. The van der Waals surface area contributed by atoms with Crippen molar-refractivity contribution in [2.24, 2.45) is 5.73 Å². The van der Waals surface area contributed by atoms with E-state index in [1.54, 1.807) is 18.2 Å². The van der Waals surface area contributed by atoms with Gasteiger partial charge in [-0.25, -0.2) is 4.39 Å². The van der Waals surface area contributed by atoms with Crippen molar-refractivity contribution in [1.29, 1.82) is 0 Å². The number of hydrogen-bond donors (Lipinski definition) is 1. The molecular formula is C16H15FN2O2. The van der Waals surface area contributed by atoms with Crippen LogP contribution in [0.1, 0.15) is 27.6 Å². The Bertz CT molecular complexity index is 668. The number of nitrogens with two attached hydrogens (primary N) is 1. The molecule has 108 valence electrons. The Labute approximate surface area is 122 Å². The average Bonchev–Trinajstić information content (AvgIpc) is 2.50. The number of carbonyl (C=O) groups excluding carboxylic acids is 2. The van der Waals surface area contributed by atoms with Crippen LogP contribution in [0.5, 0.6) is 0 Å². The largest absolute Gasteiger partial charge is 0.366 e. The first-order valence-corrected chi connectivity index (χ1v) is 6.50. The molecule has 0 fully saturated rings. The van der Waals surface area contributed by atoms with E-state index in [2.05, 4.69) is 0 Å². The molecule has 4 nitrogen and oxygen atoms in total. The minimum Gasteiger partial charge on any atom is -0.366 e. The van der Waals surface area contributed by atoms with Crippen molar-refractivity contribution < 1.29 is 14.0 Å². The SMILES string of the molecule is CCN(C(=O)c1cccc(C(N)=O)c1)c1ccc(F)cc1. The Morgan fingerprint density at radius 2 is 1.71 bits per heavy atom. The number of carbonyl (C=O) groups is 2. The van der Waals surface area contributed by atoms with E-state index >= 15 is 0 Å². The third-order valence-electron chi connectivity index (χ3n) is 3.09. The van der Waals surface area contributed by atoms with Crippen molar-refractivity contribution in [1.82, 2.24) is 0 Å². The second-order valence-corrected chi connectivity index (χ2v) is 4.47. The second-order valence-electron chi connectivity index (χ2n) is 4.47. The fraction of sp³-hybridized carbons (Fsp3) is 0.125. The van der Waals surface area contributed by atoms with E-state index < -0.39 is 5.91 Å². The zero-order valence-electron chi connectivity index (χ0n) is 11.5. The van der Waals surface area contributed by atoms with Gasteiger partial charge in [0.15, 0.2) is 0 Å². The fourth-order valence-electron chi connectivity index (χ4n) is 2.03. The van der Waals surface area contributed by atoms with Gasteiger partial charge in [0.05, 0.1) is 0 Å². The molecule has 0 bridgehead atoms. The van der Waals surface area contributed by atoms with Crippen molar-refractivity contribution in [3.63, 3.8) is 0 Å². The predicted octanol–water partition coefficient (Wildman–Crippen LogP) is 2.59. The predicted molar refractivity (Wildman–Crippen MR) is 78.7 cm³/mol. The van der Waals surface area contributed by atoms with Gasteiger partial charge >= 0.3 is 0 Å². The lowest BCUT2D eigenvalue weighted by Gasteiger charge is -2.21. The smallest absolute Gasteiger partial charge is 0.258 e. The van der Waals surface area contributed by atoms with Crippen LogP contribution in [0, 0.1) is 5.82 Å². The van der Waals surface area contributed by atoms with Crippen LogP contribution in [-0.4, -0.2) is 18.4 Å². The van der Waals surface area contributed by atoms with Gasteiger partial charge in [-0.3, -0.25) is 9.59 Å². The molecule has 0 aliphatic carbocycles. The summed E-state index contributed by atoms with van der Waals surface area (Å²) in [6.45, 7) is 2.24. The summed E-state index contributed by atoms with van der Waals surface area (Å²) in [7, 11) is 0. The third kappa shape index (κ3) is 3.25. The van der Waals surface area contributed by atoms with Crippen molar-refractivity contribution in [3.8, 4) is 0 Å². The molecular weight excluding hydrogens is 271 g/mol. The van der Waals surface area contributed by atoms with E-state index in [9.17, 15) is 14.0 Å². The standard InChI is InChI=1S/C16H15FN2O2/c1-2-19(14-8-6-13(17)7-9-14)16(21)12-5-3-4-11(10-12)15(18)20/h3-10H,2H2,1H3,(H2,18,20). The molecule has 21 heavy (non-hydrogen) atoms. The summed E-state index contributed by atoms with van der Waals surface area (Å²) >= 11 is 0. The van der Waals surface area contributed by atoms with Gasteiger partial charge in [0.2, 0.25) is 5.91 Å². The number of rotatable bonds is 4. The quantitative estimate of drug-likeness (QED) is 0.939. The van der Waals surface area contributed by atoms with Crippen LogP contribution in [0.2, 0.25) is 0 Å². The summed E-state index contributed by atoms with van der Waals surface area (Å²) < 4.78 is 13.0. The highest BCUT2D eigenvalue weighted by Crippen LogP contribution is 2.18. The van der Waals surface area contributed by atoms with E-state index in [1.807, 2.05) is 6.92 Å². The van der Waals surface area contributed by atoms with Crippen molar-refractivity contribution in [3.05, 3.63) is 65.5 Å². The number of amides is 2. The van der Waals surface area contributed by atoms with Gasteiger partial charge < -0.3 is 10.6 Å². The highest BCUT2D eigenvalue weighted by atomic mass is 19.1. The molecule has 0 spiro atoms. The van der Waals surface area contributed by atoms with Gasteiger partial charge in [0.1, 0.15) is 5.82 Å². The molecule has 0 aromatic heterocycles. The van der Waals surface area contributed by atoms with Crippen LogP contribution < -0.4 is 10.6 Å². The number of halogens is 1. The maximum atomic E-state index is 13.0. The van der Waals surface area contributed by atoms with E-state index in [1.165, 1.54) is 35.2 Å². The molecule has 2 N–H and O–H groups in total. The minimum atomic E-state index is -0.588. The van der Waals surface area contributed by atoms with Crippen LogP contribution >= 0.6 is 0 Å². The first-order chi connectivity index (χ1) is 10.0. The van der Waals surface area contributed by atoms with Gasteiger partial charge in [-0.05, 0) is 49.4 Å². The maximum absolute atomic E-state index is 13.0. The average molecular weight is 286 g/mol.